The van der Waals surface area contributed by atoms with Crippen LogP contribution in [0.15, 0.2) is 36.0 Å². The van der Waals surface area contributed by atoms with Gasteiger partial charge in [0.05, 0.1) is 18.2 Å². The molecule has 0 aliphatic rings. The fourth-order valence-corrected chi connectivity index (χ4v) is 4.34. The van der Waals surface area contributed by atoms with Crippen LogP contribution in [0.2, 0.25) is 0 Å². The third-order valence-electron chi connectivity index (χ3n) is 5.28. The lowest BCUT2D eigenvalue weighted by atomic mass is 9.97. The lowest BCUT2D eigenvalue weighted by molar-refractivity contribution is -0.122. The topological polar surface area (TPSA) is 126 Å². The normalized spacial score (nSPS) is 11.9. The van der Waals surface area contributed by atoms with E-state index < -0.39 is 11.9 Å². The van der Waals surface area contributed by atoms with Crippen LogP contribution < -0.4 is 16.0 Å². The van der Waals surface area contributed by atoms with Gasteiger partial charge < -0.3 is 10.6 Å². The number of aryl methyl sites for hydroxylation is 2. The molecule has 34 heavy (non-hydrogen) atoms. The van der Waals surface area contributed by atoms with Crippen molar-refractivity contribution in [3.8, 4) is 0 Å². The van der Waals surface area contributed by atoms with Gasteiger partial charge in [-0.1, -0.05) is 12.1 Å². The van der Waals surface area contributed by atoms with Gasteiger partial charge in [-0.15, -0.1) is 11.3 Å². The Morgan fingerprint density at radius 1 is 1.18 bits per heavy atom. The highest BCUT2D eigenvalue weighted by molar-refractivity contribution is 7.13. The number of carbonyl (C=O) groups is 2. The van der Waals surface area contributed by atoms with Gasteiger partial charge in [0.1, 0.15) is 12.1 Å². The molecule has 0 fully saturated rings. The molecular formula is C22H23FN8O2S. The molecule has 12 heteroatoms. The van der Waals surface area contributed by atoms with Crippen LogP contribution in [0.4, 0.5) is 14.3 Å². The Balaban J connectivity index is 1.31. The van der Waals surface area contributed by atoms with E-state index in [0.717, 1.165) is 17.0 Å². The molecule has 0 bridgehead atoms. The average molecular weight is 483 g/mol. The van der Waals surface area contributed by atoms with Crippen LogP contribution in [0.3, 0.4) is 0 Å². The summed E-state index contributed by atoms with van der Waals surface area (Å²) in [5, 5.41) is 14.5. The molecule has 0 radical (unpaired) electrons. The minimum absolute atomic E-state index is 0.178. The van der Waals surface area contributed by atoms with E-state index in [1.165, 1.54) is 29.8 Å². The van der Waals surface area contributed by atoms with Crippen molar-refractivity contribution in [3.05, 3.63) is 70.0 Å². The number of thiazole rings is 1. The van der Waals surface area contributed by atoms with Crippen LogP contribution in [-0.4, -0.2) is 36.5 Å². The van der Waals surface area contributed by atoms with Gasteiger partial charge in [-0.25, -0.2) is 23.7 Å². The van der Waals surface area contributed by atoms with Gasteiger partial charge in [0, 0.05) is 28.9 Å². The van der Waals surface area contributed by atoms with Gasteiger partial charge in [-0.05, 0) is 38.5 Å². The Labute approximate surface area is 198 Å². The number of benzene rings is 1. The molecule has 3 aromatic heterocycles. The number of halogens is 1. The third kappa shape index (κ3) is 5.17. The first-order chi connectivity index (χ1) is 16.3. The van der Waals surface area contributed by atoms with Crippen molar-refractivity contribution < 1.29 is 14.0 Å². The quantitative estimate of drug-likeness (QED) is 0.372. The van der Waals surface area contributed by atoms with Crippen molar-refractivity contribution in [2.45, 2.75) is 39.8 Å². The molecule has 0 saturated heterocycles. The van der Waals surface area contributed by atoms with E-state index >= 15 is 0 Å². The summed E-state index contributed by atoms with van der Waals surface area (Å²) in [4.78, 5) is 37.8. The summed E-state index contributed by atoms with van der Waals surface area (Å²) in [5.41, 5.74) is 3.60. The molecule has 1 aromatic carbocycles. The van der Waals surface area contributed by atoms with Crippen LogP contribution in [0.25, 0.3) is 5.78 Å². The summed E-state index contributed by atoms with van der Waals surface area (Å²) in [6.07, 6.45) is 1.43. The summed E-state index contributed by atoms with van der Waals surface area (Å²) < 4.78 is 14.8. The minimum Gasteiger partial charge on any atom is -0.350 e. The molecule has 0 saturated carbocycles. The third-order valence-corrected chi connectivity index (χ3v) is 6.09. The molecule has 0 aliphatic heterocycles. The van der Waals surface area contributed by atoms with E-state index in [-0.39, 0.29) is 24.8 Å². The van der Waals surface area contributed by atoms with E-state index in [1.807, 2.05) is 20.8 Å². The number of hydrogen-bond donors (Lipinski definition) is 3. The summed E-state index contributed by atoms with van der Waals surface area (Å²) in [6, 6.07) is 5.55. The summed E-state index contributed by atoms with van der Waals surface area (Å²) in [6.45, 7) is 5.94. The van der Waals surface area contributed by atoms with Gasteiger partial charge >= 0.3 is 6.03 Å². The number of hydrogen-bond acceptors (Lipinski definition) is 7. The lowest BCUT2D eigenvalue weighted by Gasteiger charge is -2.17. The molecule has 0 aliphatic carbocycles. The van der Waals surface area contributed by atoms with Crippen molar-refractivity contribution in [3.63, 3.8) is 0 Å². The zero-order chi connectivity index (χ0) is 24.2. The maximum Gasteiger partial charge on any atom is 0.321 e. The Kier molecular flexibility index (Phi) is 6.77. The number of urea groups is 1. The second-order valence-electron chi connectivity index (χ2n) is 7.69. The van der Waals surface area contributed by atoms with E-state index in [0.29, 0.717) is 22.2 Å². The van der Waals surface area contributed by atoms with E-state index in [4.69, 9.17) is 0 Å². The lowest BCUT2D eigenvalue weighted by Crippen LogP contribution is -2.29. The standard InChI is InChI=1S/C22H23FN8O2S/c1-12(18-13(2)28-20-26-11-27-31(20)14(18)3)19(32)24-9-17-10-34-22(29-17)30-21(33)25-8-15-5-4-6-16(23)7-15/h4-7,10-12H,8-9H2,1-3H3,(H,24,32)(H2,25,29,30,33). The molecule has 1 unspecified atom stereocenters. The first-order valence-corrected chi connectivity index (χ1v) is 11.4. The Bertz CT molecular complexity index is 1350. The SMILES string of the molecule is Cc1nc2ncnn2c(C)c1C(C)C(=O)NCc1csc(NC(=O)NCc2cccc(F)c2)n1. The van der Waals surface area contributed by atoms with Gasteiger partial charge in [0.2, 0.25) is 5.91 Å². The zero-order valence-electron chi connectivity index (χ0n) is 18.8. The van der Waals surface area contributed by atoms with Gasteiger partial charge in [-0.3, -0.25) is 10.1 Å². The summed E-state index contributed by atoms with van der Waals surface area (Å²) in [5.74, 6) is -0.497. The van der Waals surface area contributed by atoms with Gasteiger partial charge in [-0.2, -0.15) is 10.1 Å². The number of amides is 3. The summed E-state index contributed by atoms with van der Waals surface area (Å²) >= 11 is 1.24. The van der Waals surface area contributed by atoms with Crippen molar-refractivity contribution in [1.82, 2.24) is 35.2 Å². The molecular weight excluding hydrogens is 459 g/mol. The molecule has 3 amide bonds. The first-order valence-electron chi connectivity index (χ1n) is 10.5. The van der Waals surface area contributed by atoms with Crippen LogP contribution in [0.1, 0.15) is 41.1 Å². The van der Waals surface area contributed by atoms with Gasteiger partial charge in [0.25, 0.3) is 5.78 Å². The monoisotopic (exact) mass is 482 g/mol. The summed E-state index contributed by atoms with van der Waals surface area (Å²) in [7, 11) is 0. The number of nitrogens with zero attached hydrogens (tertiary/aromatic N) is 5. The molecule has 0 spiro atoms. The van der Waals surface area contributed by atoms with Crippen LogP contribution in [0, 0.1) is 19.7 Å². The zero-order valence-corrected chi connectivity index (χ0v) is 19.6. The van der Waals surface area contributed by atoms with E-state index in [2.05, 4.69) is 36.0 Å². The number of carbonyl (C=O) groups excluding carboxylic acids is 2. The van der Waals surface area contributed by atoms with Crippen LogP contribution in [0.5, 0.6) is 0 Å². The molecule has 4 rings (SSSR count). The predicted molar refractivity (Wildman–Crippen MR) is 125 cm³/mol. The van der Waals surface area contributed by atoms with Crippen molar-refractivity contribution in [2.75, 3.05) is 5.32 Å². The average Bonchev–Trinajstić information content (AvgIpc) is 3.45. The molecule has 3 N–H and O–H groups in total. The second-order valence-corrected chi connectivity index (χ2v) is 8.55. The second kappa shape index (κ2) is 9.91. The number of fused-ring (bicyclic) bond motifs is 1. The number of rotatable bonds is 7. The maximum absolute atomic E-state index is 13.2. The number of aromatic nitrogens is 5. The highest BCUT2D eigenvalue weighted by atomic mass is 32.1. The molecule has 10 nitrogen and oxygen atoms in total. The van der Waals surface area contributed by atoms with Crippen LogP contribution in [-0.2, 0) is 17.9 Å². The van der Waals surface area contributed by atoms with E-state index in [9.17, 15) is 14.0 Å². The first kappa shape index (κ1) is 23.2. The highest BCUT2D eigenvalue weighted by Gasteiger charge is 2.22. The predicted octanol–water partition coefficient (Wildman–Crippen LogP) is 3.08. The number of nitrogens with one attached hydrogen (secondary N) is 3. The Morgan fingerprint density at radius 2 is 2.00 bits per heavy atom. The van der Waals surface area contributed by atoms with Crippen molar-refractivity contribution in [2.24, 2.45) is 0 Å². The van der Waals surface area contributed by atoms with Crippen molar-refractivity contribution in [1.29, 1.82) is 0 Å². The Hall–Kier alpha value is -3.93. The highest BCUT2D eigenvalue weighted by Crippen LogP contribution is 2.23. The largest absolute Gasteiger partial charge is 0.350 e. The molecule has 3 heterocycles. The molecule has 1 atom stereocenters. The fourth-order valence-electron chi connectivity index (χ4n) is 3.64. The molecule has 176 valence electrons. The Morgan fingerprint density at radius 3 is 2.79 bits per heavy atom. The smallest absolute Gasteiger partial charge is 0.321 e. The van der Waals surface area contributed by atoms with E-state index in [1.54, 1.807) is 22.0 Å². The molecule has 4 aromatic rings. The van der Waals surface area contributed by atoms with Gasteiger partial charge in [0.15, 0.2) is 5.13 Å². The minimum atomic E-state index is -0.454. The van der Waals surface area contributed by atoms with Crippen LogP contribution >= 0.6 is 11.3 Å². The van der Waals surface area contributed by atoms with Crippen molar-refractivity contribution >= 4 is 34.2 Å². The number of anilines is 1. The fraction of sp³-hybridized carbons (Fsp3) is 0.273. The maximum atomic E-state index is 13.2.